The number of hydrogen-bond donors (Lipinski definition) is 0. The van der Waals surface area contributed by atoms with Crippen molar-refractivity contribution in [3.05, 3.63) is 47.1 Å². The Kier molecular flexibility index (Phi) is 4.13. The summed E-state index contributed by atoms with van der Waals surface area (Å²) in [5.74, 6) is -1.82. The minimum Gasteiger partial charge on any atom is -0.337 e. The number of alkyl halides is 2. The van der Waals surface area contributed by atoms with Crippen LogP contribution in [0.4, 0.5) is 8.78 Å². The second-order valence-electron chi connectivity index (χ2n) is 5.96. The van der Waals surface area contributed by atoms with Gasteiger partial charge in [0.2, 0.25) is 11.7 Å². The molecule has 0 N–H and O–H groups in total. The van der Waals surface area contributed by atoms with Crippen molar-refractivity contribution in [1.29, 1.82) is 0 Å². The van der Waals surface area contributed by atoms with Crippen LogP contribution in [0.15, 0.2) is 28.8 Å². The number of carbonyl (C=O) groups is 2. The SMILES string of the molecule is CC(C)CC(c1nc(C(F)F)no1)N1C(=O)c2ccccc2C1=O. The minimum atomic E-state index is -2.88. The number of amides is 2. The lowest BCUT2D eigenvalue weighted by Crippen LogP contribution is -2.35. The molecule has 2 amide bonds. The molecule has 0 spiro atoms. The summed E-state index contributed by atoms with van der Waals surface area (Å²) in [6, 6.07) is 5.55. The normalized spacial score (nSPS) is 15.5. The Bertz CT molecular complexity index is 753. The van der Waals surface area contributed by atoms with Gasteiger partial charge in [-0.3, -0.25) is 14.5 Å². The molecule has 0 fully saturated rings. The van der Waals surface area contributed by atoms with Gasteiger partial charge in [-0.2, -0.15) is 4.98 Å². The summed E-state index contributed by atoms with van der Waals surface area (Å²) in [6.45, 7) is 3.77. The van der Waals surface area contributed by atoms with E-state index in [1.807, 2.05) is 13.8 Å². The molecule has 8 heteroatoms. The molecule has 1 atom stereocenters. The van der Waals surface area contributed by atoms with Crippen LogP contribution in [0.3, 0.4) is 0 Å². The molecule has 2 heterocycles. The summed E-state index contributed by atoms with van der Waals surface area (Å²) < 4.78 is 30.3. The number of hydrogen-bond acceptors (Lipinski definition) is 5. The average Bonchev–Trinajstić information content (AvgIpc) is 3.11. The van der Waals surface area contributed by atoms with Crippen molar-refractivity contribution >= 4 is 11.8 Å². The fraction of sp³-hybridized carbons (Fsp3) is 0.375. The Balaban J connectivity index is 2.01. The maximum atomic E-state index is 12.7. The van der Waals surface area contributed by atoms with Gasteiger partial charge in [-0.1, -0.05) is 31.1 Å². The van der Waals surface area contributed by atoms with Gasteiger partial charge in [0.1, 0.15) is 6.04 Å². The predicted molar refractivity (Wildman–Crippen MR) is 78.4 cm³/mol. The fourth-order valence-corrected chi connectivity index (χ4v) is 2.73. The van der Waals surface area contributed by atoms with Crippen molar-refractivity contribution in [1.82, 2.24) is 15.0 Å². The number of imide groups is 1. The highest BCUT2D eigenvalue weighted by Gasteiger charge is 2.42. The van der Waals surface area contributed by atoms with Crippen molar-refractivity contribution < 1.29 is 22.9 Å². The summed E-state index contributed by atoms with van der Waals surface area (Å²) in [5, 5.41) is 3.23. The highest BCUT2D eigenvalue weighted by Crippen LogP contribution is 2.35. The lowest BCUT2D eigenvalue weighted by molar-refractivity contribution is 0.0528. The first-order chi connectivity index (χ1) is 11.4. The monoisotopic (exact) mass is 335 g/mol. The molecule has 126 valence electrons. The van der Waals surface area contributed by atoms with Crippen molar-refractivity contribution in [2.75, 3.05) is 0 Å². The van der Waals surface area contributed by atoms with E-state index >= 15 is 0 Å². The minimum absolute atomic E-state index is 0.0706. The van der Waals surface area contributed by atoms with Crippen molar-refractivity contribution in [3.8, 4) is 0 Å². The predicted octanol–water partition coefficient (Wildman–Crippen LogP) is 3.39. The van der Waals surface area contributed by atoms with E-state index in [0.717, 1.165) is 4.90 Å². The van der Waals surface area contributed by atoms with Crippen molar-refractivity contribution in [2.24, 2.45) is 5.92 Å². The van der Waals surface area contributed by atoms with E-state index in [4.69, 9.17) is 4.52 Å². The van der Waals surface area contributed by atoms with Gasteiger partial charge in [-0.25, -0.2) is 8.78 Å². The van der Waals surface area contributed by atoms with Crippen LogP contribution < -0.4 is 0 Å². The van der Waals surface area contributed by atoms with E-state index in [9.17, 15) is 18.4 Å². The Labute approximate surface area is 136 Å². The zero-order valence-electron chi connectivity index (χ0n) is 13.1. The van der Waals surface area contributed by atoms with Crippen LogP contribution in [0.1, 0.15) is 65.2 Å². The first-order valence-corrected chi connectivity index (χ1v) is 7.48. The third-order valence-corrected chi connectivity index (χ3v) is 3.77. The summed E-state index contributed by atoms with van der Waals surface area (Å²) in [7, 11) is 0. The molecule has 1 aromatic carbocycles. The molecule has 0 bridgehead atoms. The van der Waals surface area contributed by atoms with Crippen LogP contribution in [0, 0.1) is 5.92 Å². The number of halogens is 2. The maximum absolute atomic E-state index is 12.7. The molecule has 1 aromatic heterocycles. The zero-order chi connectivity index (χ0) is 17.4. The Morgan fingerprint density at radius 2 is 1.71 bits per heavy atom. The fourth-order valence-electron chi connectivity index (χ4n) is 2.73. The highest BCUT2D eigenvalue weighted by atomic mass is 19.3. The van der Waals surface area contributed by atoms with Gasteiger partial charge in [-0.05, 0) is 24.5 Å². The van der Waals surface area contributed by atoms with E-state index in [-0.39, 0.29) is 22.9 Å². The second kappa shape index (κ2) is 6.10. The van der Waals surface area contributed by atoms with Crippen LogP contribution in [0.2, 0.25) is 0 Å². The van der Waals surface area contributed by atoms with Crippen LogP contribution >= 0.6 is 0 Å². The molecule has 0 saturated heterocycles. The molecule has 2 aromatic rings. The lowest BCUT2D eigenvalue weighted by atomic mass is 10.0. The summed E-state index contributed by atoms with van der Waals surface area (Å²) in [6.07, 6.45) is -2.56. The molecule has 3 rings (SSSR count). The lowest BCUT2D eigenvalue weighted by Gasteiger charge is -2.24. The Morgan fingerprint density at radius 1 is 1.12 bits per heavy atom. The van der Waals surface area contributed by atoms with Gasteiger partial charge in [0.05, 0.1) is 11.1 Å². The number of nitrogens with zero attached hydrogens (tertiary/aromatic N) is 3. The standard InChI is InChI=1S/C16H15F2N3O3/c1-8(2)7-11(14-19-13(12(17)18)20-24-14)21-15(22)9-5-3-4-6-10(9)16(21)23/h3-6,8,11-12H,7H2,1-2H3. The Hall–Kier alpha value is -2.64. The number of fused-ring (bicyclic) bond motifs is 1. The maximum Gasteiger partial charge on any atom is 0.300 e. The first-order valence-electron chi connectivity index (χ1n) is 7.48. The summed E-state index contributed by atoms with van der Waals surface area (Å²) >= 11 is 0. The first kappa shape index (κ1) is 16.2. The van der Waals surface area contributed by atoms with Gasteiger partial charge < -0.3 is 4.52 Å². The Morgan fingerprint density at radius 3 is 2.17 bits per heavy atom. The van der Waals surface area contributed by atoms with E-state index in [2.05, 4.69) is 10.1 Å². The van der Waals surface area contributed by atoms with Gasteiger partial charge in [0.25, 0.3) is 11.8 Å². The average molecular weight is 335 g/mol. The topological polar surface area (TPSA) is 76.3 Å². The van der Waals surface area contributed by atoms with Gasteiger partial charge in [-0.15, -0.1) is 0 Å². The molecule has 1 aliphatic heterocycles. The molecule has 6 nitrogen and oxygen atoms in total. The molecule has 24 heavy (non-hydrogen) atoms. The summed E-state index contributed by atoms with van der Waals surface area (Å²) in [5.41, 5.74) is 0.565. The zero-order valence-corrected chi connectivity index (χ0v) is 13.1. The van der Waals surface area contributed by atoms with Crippen LogP contribution in [0.5, 0.6) is 0 Å². The largest absolute Gasteiger partial charge is 0.337 e. The number of rotatable bonds is 5. The van der Waals surface area contributed by atoms with Gasteiger partial charge in [0, 0.05) is 0 Å². The number of benzene rings is 1. The molecule has 1 aliphatic rings. The third-order valence-electron chi connectivity index (χ3n) is 3.77. The van der Waals surface area contributed by atoms with Gasteiger partial charge >= 0.3 is 6.43 Å². The quantitative estimate of drug-likeness (QED) is 0.783. The van der Waals surface area contributed by atoms with Crippen molar-refractivity contribution in [3.63, 3.8) is 0 Å². The smallest absolute Gasteiger partial charge is 0.300 e. The highest BCUT2D eigenvalue weighted by molar-refractivity contribution is 6.21. The van der Waals surface area contributed by atoms with E-state index in [1.165, 1.54) is 0 Å². The molecule has 1 unspecified atom stereocenters. The van der Waals surface area contributed by atoms with E-state index < -0.39 is 30.1 Å². The number of aromatic nitrogens is 2. The molecular formula is C16H15F2N3O3. The molecule has 0 radical (unpaired) electrons. The van der Waals surface area contributed by atoms with E-state index in [1.54, 1.807) is 24.3 Å². The third kappa shape index (κ3) is 2.68. The molecular weight excluding hydrogens is 320 g/mol. The van der Waals surface area contributed by atoms with Crippen LogP contribution in [-0.4, -0.2) is 26.9 Å². The number of carbonyl (C=O) groups excluding carboxylic acids is 2. The summed E-state index contributed by atoms with van der Waals surface area (Å²) in [4.78, 5) is 29.9. The molecule has 0 saturated carbocycles. The van der Waals surface area contributed by atoms with Crippen LogP contribution in [0.25, 0.3) is 0 Å². The van der Waals surface area contributed by atoms with Gasteiger partial charge in [0.15, 0.2) is 0 Å². The van der Waals surface area contributed by atoms with Crippen LogP contribution in [-0.2, 0) is 0 Å². The second-order valence-corrected chi connectivity index (χ2v) is 5.96. The van der Waals surface area contributed by atoms with E-state index in [0.29, 0.717) is 6.42 Å². The molecule has 0 aliphatic carbocycles. The van der Waals surface area contributed by atoms with Crippen molar-refractivity contribution in [2.45, 2.75) is 32.7 Å².